The van der Waals surface area contributed by atoms with E-state index in [-0.39, 0.29) is 12.1 Å². The number of amides is 1. The van der Waals surface area contributed by atoms with Gasteiger partial charge in [-0.15, -0.1) is 0 Å². The topological polar surface area (TPSA) is 45.3 Å². The second kappa shape index (κ2) is 6.84. The van der Waals surface area contributed by atoms with E-state index in [9.17, 15) is 4.79 Å². The van der Waals surface area contributed by atoms with Crippen molar-refractivity contribution in [2.24, 2.45) is 0 Å². The monoisotopic (exact) mass is 345 g/mol. The summed E-state index contributed by atoms with van der Waals surface area (Å²) in [6, 6.07) is 6.76. The molecule has 6 heteroatoms. The molecule has 0 aromatic heterocycles. The van der Waals surface area contributed by atoms with Crippen molar-refractivity contribution >= 4 is 11.8 Å². The van der Waals surface area contributed by atoms with Gasteiger partial charge in [-0.25, -0.2) is 4.79 Å². The van der Waals surface area contributed by atoms with Crippen LogP contribution in [0, 0.1) is 0 Å². The van der Waals surface area contributed by atoms with Crippen molar-refractivity contribution in [1.29, 1.82) is 0 Å². The molecule has 0 saturated carbocycles. The van der Waals surface area contributed by atoms with E-state index in [1.54, 1.807) is 7.11 Å². The molecule has 0 bridgehead atoms. The van der Waals surface area contributed by atoms with Crippen LogP contribution in [-0.4, -0.2) is 68.4 Å². The Labute approximate surface area is 149 Å². The zero-order valence-corrected chi connectivity index (χ0v) is 15.1. The van der Waals surface area contributed by atoms with Gasteiger partial charge in [0.25, 0.3) is 0 Å². The van der Waals surface area contributed by atoms with Crippen LogP contribution in [0.2, 0.25) is 0 Å². The molecule has 2 fully saturated rings. The lowest BCUT2D eigenvalue weighted by Gasteiger charge is -2.40. The largest absolute Gasteiger partial charge is 0.497 e. The predicted molar refractivity (Wildman–Crippen MR) is 96.2 cm³/mol. The van der Waals surface area contributed by atoms with Gasteiger partial charge in [-0.1, -0.05) is 0 Å². The summed E-state index contributed by atoms with van der Waals surface area (Å²) in [7, 11) is 3.88. The fourth-order valence-electron chi connectivity index (χ4n) is 4.30. The highest BCUT2D eigenvalue weighted by Gasteiger charge is 2.38. The van der Waals surface area contributed by atoms with Gasteiger partial charge in [0.2, 0.25) is 0 Å². The van der Waals surface area contributed by atoms with Crippen LogP contribution >= 0.6 is 0 Å². The predicted octanol–water partition coefficient (Wildman–Crippen LogP) is 2.32. The fourth-order valence-corrected chi connectivity index (χ4v) is 4.30. The van der Waals surface area contributed by atoms with Gasteiger partial charge in [0, 0.05) is 19.1 Å². The number of hydrogen-bond acceptors (Lipinski definition) is 5. The Kier molecular flexibility index (Phi) is 4.56. The summed E-state index contributed by atoms with van der Waals surface area (Å²) in [6.45, 7) is 4.67. The van der Waals surface area contributed by atoms with Crippen LogP contribution in [0.1, 0.15) is 24.8 Å². The molecular weight excluding hydrogens is 318 g/mol. The first-order chi connectivity index (χ1) is 12.2. The third-order valence-corrected chi connectivity index (χ3v) is 5.83. The van der Waals surface area contributed by atoms with Gasteiger partial charge in [-0.05, 0) is 63.2 Å². The lowest BCUT2D eigenvalue weighted by molar-refractivity contribution is 0.109. The highest BCUT2D eigenvalue weighted by atomic mass is 16.6. The smallest absolute Gasteiger partial charge is 0.414 e. The Bertz CT molecular complexity index is 643. The number of rotatable bonds is 2. The Morgan fingerprint density at radius 1 is 1.12 bits per heavy atom. The highest BCUT2D eigenvalue weighted by molar-refractivity contribution is 5.91. The first-order valence-electron chi connectivity index (χ1n) is 9.21. The van der Waals surface area contributed by atoms with Gasteiger partial charge in [0.1, 0.15) is 12.4 Å². The van der Waals surface area contributed by atoms with Crippen LogP contribution in [0.15, 0.2) is 18.2 Å². The van der Waals surface area contributed by atoms with Crippen LogP contribution in [0.5, 0.6) is 5.75 Å². The van der Waals surface area contributed by atoms with Gasteiger partial charge in [0.15, 0.2) is 0 Å². The van der Waals surface area contributed by atoms with Crippen LogP contribution in [0.4, 0.5) is 10.5 Å². The van der Waals surface area contributed by atoms with Crippen LogP contribution in [0.3, 0.4) is 0 Å². The molecule has 3 aliphatic heterocycles. The number of carbonyl (C=O) groups excluding carboxylic acids is 1. The van der Waals surface area contributed by atoms with Crippen molar-refractivity contribution in [3.05, 3.63) is 23.8 Å². The van der Waals surface area contributed by atoms with Crippen LogP contribution in [0.25, 0.3) is 0 Å². The van der Waals surface area contributed by atoms with Crippen molar-refractivity contribution in [2.75, 3.05) is 45.3 Å². The quantitative estimate of drug-likeness (QED) is 0.823. The molecule has 1 amide bonds. The molecule has 3 aliphatic rings. The molecule has 6 nitrogen and oxygen atoms in total. The molecule has 0 spiro atoms. The van der Waals surface area contributed by atoms with E-state index in [1.807, 2.05) is 17.0 Å². The fraction of sp³-hybridized carbons (Fsp3) is 0.632. The summed E-state index contributed by atoms with van der Waals surface area (Å²) < 4.78 is 10.8. The number of likely N-dealkylation sites (tertiary alicyclic amines) is 1. The zero-order valence-electron chi connectivity index (χ0n) is 15.1. The minimum absolute atomic E-state index is 0.133. The van der Waals surface area contributed by atoms with E-state index in [1.165, 1.54) is 12.8 Å². The summed E-state index contributed by atoms with van der Waals surface area (Å²) >= 11 is 0. The van der Waals surface area contributed by atoms with Crippen molar-refractivity contribution < 1.29 is 14.3 Å². The van der Waals surface area contributed by atoms with Crippen LogP contribution < -0.4 is 9.64 Å². The Hall–Kier alpha value is -1.79. The number of anilines is 1. The molecule has 2 saturated heterocycles. The van der Waals surface area contributed by atoms with E-state index < -0.39 is 0 Å². The molecular formula is C19H27N3O3. The number of methoxy groups -OCH3 is 1. The van der Waals surface area contributed by atoms with Gasteiger partial charge in [-0.3, -0.25) is 9.80 Å². The molecule has 1 atom stereocenters. The van der Waals surface area contributed by atoms with E-state index in [2.05, 4.69) is 22.9 Å². The third-order valence-electron chi connectivity index (χ3n) is 5.83. The number of carbonyl (C=O) groups is 1. The standard InChI is InChI=1S/C19H27N3O3/c1-20-8-5-15(6-9-20)21-10-7-16-13-25-19(23)22(16)18-4-3-17(24-2)11-14(18)12-21/h3-4,11,15-16H,5-10,12-13H2,1-2H3. The molecule has 0 N–H and O–H groups in total. The maximum atomic E-state index is 12.3. The number of piperidine rings is 1. The molecule has 1 aromatic rings. The molecule has 25 heavy (non-hydrogen) atoms. The molecule has 136 valence electrons. The summed E-state index contributed by atoms with van der Waals surface area (Å²) in [5.41, 5.74) is 2.13. The molecule has 3 heterocycles. The van der Waals surface area contributed by atoms with Gasteiger partial charge < -0.3 is 14.4 Å². The second-order valence-corrected chi connectivity index (χ2v) is 7.39. The number of fused-ring (bicyclic) bond motifs is 3. The number of ether oxygens (including phenoxy) is 2. The minimum Gasteiger partial charge on any atom is -0.497 e. The number of benzene rings is 1. The summed E-state index contributed by atoms with van der Waals surface area (Å²) in [5, 5.41) is 0. The maximum absolute atomic E-state index is 12.3. The van der Waals surface area contributed by atoms with Gasteiger partial charge >= 0.3 is 6.09 Å². The molecule has 0 radical (unpaired) electrons. The van der Waals surface area contributed by atoms with Gasteiger partial charge in [0.05, 0.1) is 18.8 Å². The lowest BCUT2D eigenvalue weighted by atomic mass is 9.99. The molecule has 1 unspecified atom stereocenters. The van der Waals surface area contributed by atoms with E-state index >= 15 is 0 Å². The van der Waals surface area contributed by atoms with Crippen molar-refractivity contribution in [2.45, 2.75) is 37.9 Å². The maximum Gasteiger partial charge on any atom is 0.414 e. The molecule has 4 rings (SSSR count). The average Bonchev–Trinajstić information content (AvgIpc) is 2.97. The van der Waals surface area contributed by atoms with E-state index in [0.717, 1.165) is 49.6 Å². The van der Waals surface area contributed by atoms with E-state index in [4.69, 9.17) is 9.47 Å². The average molecular weight is 345 g/mol. The van der Waals surface area contributed by atoms with Gasteiger partial charge in [-0.2, -0.15) is 0 Å². The summed E-state index contributed by atoms with van der Waals surface area (Å²) in [6.07, 6.45) is 3.16. The molecule has 0 aliphatic carbocycles. The first kappa shape index (κ1) is 16.7. The minimum atomic E-state index is -0.218. The number of cyclic esters (lactones) is 1. The third kappa shape index (κ3) is 3.20. The number of hydrogen-bond donors (Lipinski definition) is 0. The van der Waals surface area contributed by atoms with Crippen molar-refractivity contribution in [3.63, 3.8) is 0 Å². The van der Waals surface area contributed by atoms with Crippen molar-refractivity contribution in [3.8, 4) is 5.75 Å². The second-order valence-electron chi connectivity index (χ2n) is 7.39. The first-order valence-corrected chi connectivity index (χ1v) is 9.21. The SMILES string of the molecule is COc1ccc2c(c1)CN(C1CCN(C)CC1)CCC1COC(=O)N21. The lowest BCUT2D eigenvalue weighted by Crippen LogP contribution is -2.47. The normalized spacial score (nSPS) is 25.8. The molecule has 1 aromatic carbocycles. The summed E-state index contributed by atoms with van der Waals surface area (Å²) in [4.78, 5) is 19.1. The Morgan fingerprint density at radius 2 is 1.88 bits per heavy atom. The van der Waals surface area contributed by atoms with E-state index in [0.29, 0.717) is 12.6 Å². The highest BCUT2D eigenvalue weighted by Crippen LogP contribution is 2.35. The Morgan fingerprint density at radius 3 is 2.64 bits per heavy atom. The Balaban J connectivity index is 1.65. The van der Waals surface area contributed by atoms with Crippen LogP contribution in [-0.2, 0) is 11.3 Å². The van der Waals surface area contributed by atoms with Crippen molar-refractivity contribution in [1.82, 2.24) is 9.80 Å². The zero-order chi connectivity index (χ0) is 17.4. The summed E-state index contributed by atoms with van der Waals surface area (Å²) in [5.74, 6) is 0.840. The number of nitrogens with zero attached hydrogens (tertiary/aromatic N) is 3.